The standard InChI is InChI=1S/C23H29N3O2/c1-4-5-8-15-26-21-10-7-6-9-20(21)25-23(26)17(2)24-22(27)16-18-11-13-19(28-3)14-12-18/h6-7,9-14,17H,4-5,8,15-16H2,1-3H3,(H,24,27). The molecule has 3 rings (SSSR count). The van der Waals surface area contributed by atoms with Crippen molar-refractivity contribution in [2.45, 2.75) is 52.1 Å². The van der Waals surface area contributed by atoms with Crippen LogP contribution in [-0.4, -0.2) is 22.6 Å². The highest BCUT2D eigenvalue weighted by Gasteiger charge is 2.18. The molecule has 0 aliphatic heterocycles. The monoisotopic (exact) mass is 379 g/mol. The highest BCUT2D eigenvalue weighted by atomic mass is 16.5. The van der Waals surface area contributed by atoms with E-state index >= 15 is 0 Å². The van der Waals surface area contributed by atoms with Crippen LogP contribution >= 0.6 is 0 Å². The van der Waals surface area contributed by atoms with Gasteiger partial charge in [-0.05, 0) is 43.2 Å². The first-order chi connectivity index (χ1) is 13.6. The maximum absolute atomic E-state index is 12.6. The number of imidazole rings is 1. The molecule has 0 radical (unpaired) electrons. The van der Waals surface area contributed by atoms with E-state index in [0.717, 1.165) is 41.1 Å². The first-order valence-corrected chi connectivity index (χ1v) is 9.99. The normalized spacial score (nSPS) is 12.1. The predicted octanol–water partition coefficient (Wildman–Crippen LogP) is 4.66. The first kappa shape index (κ1) is 19.9. The van der Waals surface area contributed by atoms with Gasteiger partial charge in [-0.15, -0.1) is 0 Å². The van der Waals surface area contributed by atoms with E-state index in [1.807, 2.05) is 49.4 Å². The first-order valence-electron chi connectivity index (χ1n) is 9.99. The zero-order valence-corrected chi connectivity index (χ0v) is 16.9. The maximum Gasteiger partial charge on any atom is 0.224 e. The molecule has 5 heteroatoms. The molecule has 1 N–H and O–H groups in total. The van der Waals surface area contributed by atoms with Crippen molar-refractivity contribution in [2.75, 3.05) is 7.11 Å². The number of hydrogen-bond acceptors (Lipinski definition) is 3. The predicted molar refractivity (Wildman–Crippen MR) is 113 cm³/mol. The van der Waals surface area contributed by atoms with Gasteiger partial charge in [-0.1, -0.05) is 44.0 Å². The molecule has 0 bridgehead atoms. The molecule has 0 spiro atoms. The minimum atomic E-state index is -0.153. The summed E-state index contributed by atoms with van der Waals surface area (Å²) in [6.45, 7) is 5.13. The largest absolute Gasteiger partial charge is 0.497 e. The molecule has 1 atom stereocenters. The fraction of sp³-hybridized carbons (Fsp3) is 0.391. The van der Waals surface area contributed by atoms with Gasteiger partial charge in [0.2, 0.25) is 5.91 Å². The van der Waals surface area contributed by atoms with E-state index in [1.54, 1.807) is 7.11 Å². The van der Waals surface area contributed by atoms with E-state index < -0.39 is 0 Å². The van der Waals surface area contributed by atoms with E-state index in [1.165, 1.54) is 12.8 Å². The second kappa shape index (κ2) is 9.40. The number of nitrogens with one attached hydrogen (secondary N) is 1. The number of nitrogens with zero attached hydrogens (tertiary/aromatic N) is 2. The van der Waals surface area contributed by atoms with Crippen molar-refractivity contribution in [1.82, 2.24) is 14.9 Å². The zero-order valence-electron chi connectivity index (χ0n) is 16.9. The van der Waals surface area contributed by atoms with E-state index in [4.69, 9.17) is 9.72 Å². The van der Waals surface area contributed by atoms with Crippen molar-refractivity contribution >= 4 is 16.9 Å². The van der Waals surface area contributed by atoms with E-state index in [-0.39, 0.29) is 11.9 Å². The Morgan fingerprint density at radius 1 is 1.14 bits per heavy atom. The van der Waals surface area contributed by atoms with Crippen LogP contribution in [0.15, 0.2) is 48.5 Å². The number of carbonyl (C=O) groups is 1. The quantitative estimate of drug-likeness (QED) is 0.550. The lowest BCUT2D eigenvalue weighted by Crippen LogP contribution is -2.30. The number of benzene rings is 2. The minimum absolute atomic E-state index is 0.00942. The van der Waals surface area contributed by atoms with Crippen molar-refractivity contribution < 1.29 is 9.53 Å². The SMILES string of the molecule is CCCCCn1c(C(C)NC(=O)Cc2ccc(OC)cc2)nc2ccccc21. The number of unbranched alkanes of at least 4 members (excludes halogenated alkanes) is 2. The third-order valence-electron chi connectivity index (χ3n) is 4.96. The summed E-state index contributed by atoms with van der Waals surface area (Å²) in [5, 5.41) is 3.11. The Morgan fingerprint density at radius 3 is 2.61 bits per heavy atom. The van der Waals surface area contributed by atoms with Gasteiger partial charge in [-0.25, -0.2) is 4.98 Å². The lowest BCUT2D eigenvalue weighted by atomic mass is 10.1. The lowest BCUT2D eigenvalue weighted by Gasteiger charge is -2.16. The molecule has 0 saturated heterocycles. The minimum Gasteiger partial charge on any atom is -0.497 e. The molecular weight excluding hydrogens is 350 g/mol. The van der Waals surface area contributed by atoms with E-state index in [0.29, 0.717) is 6.42 Å². The van der Waals surface area contributed by atoms with Gasteiger partial charge in [0.25, 0.3) is 0 Å². The molecule has 28 heavy (non-hydrogen) atoms. The summed E-state index contributed by atoms with van der Waals surface area (Å²) >= 11 is 0. The van der Waals surface area contributed by atoms with E-state index in [9.17, 15) is 4.79 Å². The zero-order chi connectivity index (χ0) is 19.9. The Balaban J connectivity index is 1.73. The molecular formula is C23H29N3O2. The van der Waals surface area contributed by atoms with E-state index in [2.05, 4.69) is 22.9 Å². The van der Waals surface area contributed by atoms with Gasteiger partial charge >= 0.3 is 0 Å². The van der Waals surface area contributed by atoms with Crippen LogP contribution in [0.3, 0.4) is 0 Å². The van der Waals surface area contributed by atoms with Crippen LogP contribution in [0, 0.1) is 0 Å². The highest BCUT2D eigenvalue weighted by Crippen LogP contribution is 2.22. The summed E-state index contributed by atoms with van der Waals surface area (Å²) in [6, 6.07) is 15.6. The van der Waals surface area contributed by atoms with Crippen molar-refractivity contribution in [3.63, 3.8) is 0 Å². The van der Waals surface area contributed by atoms with Crippen molar-refractivity contribution in [3.8, 4) is 5.75 Å². The van der Waals surface area contributed by atoms with Gasteiger partial charge in [0.15, 0.2) is 0 Å². The number of carbonyl (C=O) groups excluding carboxylic acids is 1. The average molecular weight is 380 g/mol. The second-order valence-corrected chi connectivity index (χ2v) is 7.13. The number of hydrogen-bond donors (Lipinski definition) is 1. The molecule has 0 aliphatic carbocycles. The highest BCUT2D eigenvalue weighted by molar-refractivity contribution is 5.79. The Labute approximate surface area is 166 Å². The Morgan fingerprint density at radius 2 is 1.89 bits per heavy atom. The van der Waals surface area contributed by atoms with Crippen LogP contribution in [0.2, 0.25) is 0 Å². The Kier molecular flexibility index (Phi) is 6.69. The Hall–Kier alpha value is -2.82. The number of aryl methyl sites for hydroxylation is 1. The summed E-state index contributed by atoms with van der Waals surface area (Å²) in [5.74, 6) is 1.70. The molecule has 1 aromatic heterocycles. The van der Waals surface area contributed by atoms with Gasteiger partial charge in [-0.2, -0.15) is 0 Å². The smallest absolute Gasteiger partial charge is 0.224 e. The van der Waals surface area contributed by atoms with Crippen LogP contribution in [0.1, 0.15) is 50.5 Å². The second-order valence-electron chi connectivity index (χ2n) is 7.13. The molecule has 2 aromatic carbocycles. The number of para-hydroxylation sites is 2. The number of rotatable bonds is 9. The third kappa shape index (κ3) is 4.71. The molecule has 5 nitrogen and oxygen atoms in total. The third-order valence-corrected chi connectivity index (χ3v) is 4.96. The van der Waals surface area contributed by atoms with Gasteiger partial charge in [-0.3, -0.25) is 4.79 Å². The topological polar surface area (TPSA) is 56.2 Å². The molecule has 148 valence electrons. The maximum atomic E-state index is 12.6. The number of fused-ring (bicyclic) bond motifs is 1. The molecule has 0 aliphatic rings. The lowest BCUT2D eigenvalue weighted by molar-refractivity contribution is -0.121. The van der Waals surface area contributed by atoms with Gasteiger partial charge in [0, 0.05) is 6.54 Å². The fourth-order valence-corrected chi connectivity index (χ4v) is 3.47. The van der Waals surface area contributed by atoms with Crippen LogP contribution in [0.5, 0.6) is 5.75 Å². The van der Waals surface area contributed by atoms with Crippen LogP contribution in [0.4, 0.5) is 0 Å². The summed E-state index contributed by atoms with van der Waals surface area (Å²) in [5.41, 5.74) is 3.07. The van der Waals surface area contributed by atoms with Gasteiger partial charge in [0.05, 0.1) is 30.6 Å². The Bertz CT molecular complexity index is 915. The van der Waals surface area contributed by atoms with Crippen LogP contribution < -0.4 is 10.1 Å². The van der Waals surface area contributed by atoms with Crippen molar-refractivity contribution in [3.05, 3.63) is 59.9 Å². The fourth-order valence-electron chi connectivity index (χ4n) is 3.47. The number of amides is 1. The van der Waals surface area contributed by atoms with Gasteiger partial charge in [0.1, 0.15) is 11.6 Å². The molecule has 1 amide bonds. The molecule has 1 heterocycles. The molecule has 1 unspecified atom stereocenters. The number of aromatic nitrogens is 2. The van der Waals surface area contributed by atoms with Crippen LogP contribution in [-0.2, 0) is 17.8 Å². The van der Waals surface area contributed by atoms with Crippen LogP contribution in [0.25, 0.3) is 11.0 Å². The molecule has 3 aromatic rings. The summed E-state index contributed by atoms with van der Waals surface area (Å²) in [4.78, 5) is 17.4. The van der Waals surface area contributed by atoms with Crippen molar-refractivity contribution in [2.24, 2.45) is 0 Å². The average Bonchev–Trinajstić information content (AvgIpc) is 3.07. The number of ether oxygens (including phenoxy) is 1. The number of methoxy groups -OCH3 is 1. The molecule has 0 fully saturated rings. The summed E-state index contributed by atoms with van der Waals surface area (Å²) < 4.78 is 7.42. The summed E-state index contributed by atoms with van der Waals surface area (Å²) in [7, 11) is 1.63. The van der Waals surface area contributed by atoms with Crippen molar-refractivity contribution in [1.29, 1.82) is 0 Å². The summed E-state index contributed by atoms with van der Waals surface area (Å²) in [6.07, 6.45) is 3.81. The van der Waals surface area contributed by atoms with Gasteiger partial charge < -0.3 is 14.6 Å². The molecule has 0 saturated carbocycles.